The first kappa shape index (κ1) is 14.1. The minimum Gasteiger partial charge on any atom is -0.300 e. The van der Waals surface area contributed by atoms with E-state index in [9.17, 15) is 13.6 Å². The lowest BCUT2D eigenvalue weighted by molar-refractivity contribution is -0.236. The largest absolute Gasteiger partial charge is 0.349 e. The fourth-order valence-corrected chi connectivity index (χ4v) is 1.92. The van der Waals surface area contributed by atoms with Crippen LogP contribution in [0.3, 0.4) is 0 Å². The second-order valence-corrected chi connectivity index (χ2v) is 4.19. The van der Waals surface area contributed by atoms with Crippen molar-refractivity contribution >= 4 is 5.97 Å². The molecule has 1 aromatic heterocycles. The molecule has 0 radical (unpaired) electrons. The molecule has 0 aliphatic heterocycles. The van der Waals surface area contributed by atoms with E-state index in [0.717, 1.165) is 12.1 Å². The molecule has 20 heavy (non-hydrogen) atoms. The van der Waals surface area contributed by atoms with Crippen LogP contribution in [-0.4, -0.2) is 16.2 Å². The first-order valence-corrected chi connectivity index (χ1v) is 5.81. The Kier molecular flexibility index (Phi) is 4.37. The lowest BCUT2D eigenvalue weighted by Crippen LogP contribution is -2.18. The third kappa shape index (κ3) is 3.16. The highest BCUT2D eigenvalue weighted by Crippen LogP contribution is 2.25. The van der Waals surface area contributed by atoms with Gasteiger partial charge in [-0.05, 0) is 24.1 Å². The predicted molar refractivity (Wildman–Crippen MR) is 65.8 cm³/mol. The predicted octanol–water partition coefficient (Wildman–Crippen LogP) is 2.70. The van der Waals surface area contributed by atoms with Gasteiger partial charge in [-0.1, -0.05) is 12.1 Å². The molecule has 0 spiro atoms. The summed E-state index contributed by atoms with van der Waals surface area (Å²) in [7, 11) is 0. The fraction of sp³-hybridized carbons (Fsp3) is 0.143. The first-order valence-electron chi connectivity index (χ1n) is 5.81. The fourth-order valence-electron chi connectivity index (χ4n) is 1.92. The minimum atomic E-state index is -1.08. The molecule has 104 valence electrons. The molecule has 0 saturated carbocycles. The Morgan fingerprint density at radius 3 is 2.75 bits per heavy atom. The Hall–Kier alpha value is -2.34. The van der Waals surface area contributed by atoms with Gasteiger partial charge < -0.3 is 4.89 Å². The highest BCUT2D eigenvalue weighted by atomic mass is 19.1. The van der Waals surface area contributed by atoms with Crippen LogP contribution in [0.1, 0.15) is 17.0 Å². The van der Waals surface area contributed by atoms with E-state index in [1.54, 1.807) is 18.3 Å². The van der Waals surface area contributed by atoms with Crippen LogP contribution in [0, 0.1) is 11.6 Å². The van der Waals surface area contributed by atoms with E-state index in [2.05, 4.69) is 9.87 Å². The molecule has 0 fully saturated rings. The molecule has 1 unspecified atom stereocenters. The van der Waals surface area contributed by atoms with E-state index in [1.807, 2.05) is 0 Å². The maximum absolute atomic E-state index is 13.8. The van der Waals surface area contributed by atoms with Gasteiger partial charge in [0, 0.05) is 24.0 Å². The minimum absolute atomic E-state index is 0.0469. The highest BCUT2D eigenvalue weighted by molar-refractivity contribution is 5.78. The summed E-state index contributed by atoms with van der Waals surface area (Å²) in [6, 6.07) is 6.24. The molecule has 1 atom stereocenters. The summed E-state index contributed by atoms with van der Waals surface area (Å²) in [5, 5.41) is 8.53. The van der Waals surface area contributed by atoms with Crippen molar-refractivity contribution in [1.82, 2.24) is 4.98 Å². The first-order chi connectivity index (χ1) is 9.61. The zero-order valence-electron chi connectivity index (χ0n) is 10.3. The molecule has 0 aliphatic rings. The molecule has 6 heteroatoms. The van der Waals surface area contributed by atoms with Crippen molar-refractivity contribution in [2.75, 3.05) is 0 Å². The van der Waals surface area contributed by atoms with Gasteiger partial charge in [0.05, 0.1) is 5.92 Å². The van der Waals surface area contributed by atoms with Crippen molar-refractivity contribution in [1.29, 1.82) is 0 Å². The van der Waals surface area contributed by atoms with E-state index < -0.39 is 23.5 Å². The molecule has 2 aromatic rings. The van der Waals surface area contributed by atoms with Crippen LogP contribution in [0.5, 0.6) is 0 Å². The number of pyridine rings is 1. The van der Waals surface area contributed by atoms with Crippen LogP contribution in [0.2, 0.25) is 0 Å². The number of nitrogens with zero attached hydrogens (tertiary/aromatic N) is 1. The number of carbonyl (C=O) groups excluding carboxylic acids is 1. The maximum Gasteiger partial charge on any atom is 0.349 e. The summed E-state index contributed by atoms with van der Waals surface area (Å²) < 4.78 is 26.7. The standard InChI is InChI=1S/C14H11F2NO3/c15-10-3-4-11(13(16)7-10)12(14(18)20-19)6-9-2-1-5-17-8-9/h1-5,7-8,12,19H,6H2. The second-order valence-electron chi connectivity index (χ2n) is 4.19. The number of hydrogen-bond acceptors (Lipinski definition) is 4. The SMILES string of the molecule is O=C(OO)C(Cc1cccnc1)c1ccc(F)cc1F. The van der Waals surface area contributed by atoms with Gasteiger partial charge in [0.15, 0.2) is 0 Å². The summed E-state index contributed by atoms with van der Waals surface area (Å²) in [5.41, 5.74) is 0.612. The molecule has 2 rings (SSSR count). The van der Waals surface area contributed by atoms with E-state index in [0.29, 0.717) is 11.6 Å². The van der Waals surface area contributed by atoms with Crippen molar-refractivity contribution < 1.29 is 23.7 Å². The third-order valence-electron chi connectivity index (χ3n) is 2.88. The van der Waals surface area contributed by atoms with Crippen LogP contribution < -0.4 is 0 Å². The molecule has 1 N–H and O–H groups in total. The number of aromatic nitrogens is 1. The van der Waals surface area contributed by atoms with E-state index in [1.165, 1.54) is 6.20 Å². The van der Waals surface area contributed by atoms with Crippen LogP contribution >= 0.6 is 0 Å². The third-order valence-corrected chi connectivity index (χ3v) is 2.88. The number of hydrogen-bond donors (Lipinski definition) is 1. The van der Waals surface area contributed by atoms with Gasteiger partial charge in [0.2, 0.25) is 0 Å². The number of halogens is 2. The molecule has 4 nitrogen and oxygen atoms in total. The van der Waals surface area contributed by atoms with Gasteiger partial charge in [0.1, 0.15) is 11.6 Å². The highest BCUT2D eigenvalue weighted by Gasteiger charge is 2.26. The van der Waals surface area contributed by atoms with Crippen LogP contribution in [0.4, 0.5) is 8.78 Å². The zero-order chi connectivity index (χ0) is 14.5. The summed E-state index contributed by atoms with van der Waals surface area (Å²) in [6.45, 7) is 0. The Labute approximate surface area is 113 Å². The van der Waals surface area contributed by atoms with Crippen molar-refractivity contribution in [2.45, 2.75) is 12.3 Å². The molecule has 1 aromatic carbocycles. The monoisotopic (exact) mass is 279 g/mol. The Bertz CT molecular complexity index is 605. The molecular weight excluding hydrogens is 268 g/mol. The lowest BCUT2D eigenvalue weighted by atomic mass is 9.92. The number of carbonyl (C=O) groups is 1. The van der Waals surface area contributed by atoms with E-state index in [4.69, 9.17) is 5.26 Å². The number of benzene rings is 1. The molecule has 0 saturated heterocycles. The molecule has 1 heterocycles. The van der Waals surface area contributed by atoms with Gasteiger partial charge in [-0.15, -0.1) is 0 Å². The van der Waals surface area contributed by atoms with Crippen molar-refractivity contribution in [2.24, 2.45) is 0 Å². The summed E-state index contributed by atoms with van der Waals surface area (Å²) >= 11 is 0. The Morgan fingerprint density at radius 1 is 1.35 bits per heavy atom. The van der Waals surface area contributed by atoms with Gasteiger partial charge in [-0.2, -0.15) is 5.26 Å². The van der Waals surface area contributed by atoms with E-state index in [-0.39, 0.29) is 12.0 Å². The molecule has 0 bridgehead atoms. The Balaban J connectivity index is 2.35. The smallest absolute Gasteiger partial charge is 0.300 e. The van der Waals surface area contributed by atoms with Crippen molar-refractivity contribution in [3.05, 3.63) is 65.5 Å². The topological polar surface area (TPSA) is 59.4 Å². The van der Waals surface area contributed by atoms with Crippen LogP contribution in [-0.2, 0) is 16.1 Å². The maximum atomic E-state index is 13.8. The van der Waals surface area contributed by atoms with Gasteiger partial charge in [0.25, 0.3) is 0 Å². The van der Waals surface area contributed by atoms with E-state index >= 15 is 0 Å². The molecular formula is C14H11F2NO3. The molecule has 0 aliphatic carbocycles. The van der Waals surface area contributed by atoms with Crippen molar-refractivity contribution in [3.63, 3.8) is 0 Å². The summed E-state index contributed by atoms with van der Waals surface area (Å²) in [4.78, 5) is 19.2. The second kappa shape index (κ2) is 6.21. The average Bonchev–Trinajstić information content (AvgIpc) is 2.46. The van der Waals surface area contributed by atoms with Gasteiger partial charge in [-0.25, -0.2) is 13.6 Å². The van der Waals surface area contributed by atoms with Crippen molar-refractivity contribution in [3.8, 4) is 0 Å². The van der Waals surface area contributed by atoms with Gasteiger partial charge in [-0.3, -0.25) is 4.98 Å². The summed E-state index contributed by atoms with van der Waals surface area (Å²) in [5.74, 6) is -3.71. The van der Waals surface area contributed by atoms with Crippen LogP contribution in [0.25, 0.3) is 0 Å². The van der Waals surface area contributed by atoms with Crippen LogP contribution in [0.15, 0.2) is 42.7 Å². The lowest BCUT2D eigenvalue weighted by Gasteiger charge is -2.14. The van der Waals surface area contributed by atoms with Gasteiger partial charge >= 0.3 is 5.97 Å². The Morgan fingerprint density at radius 2 is 2.15 bits per heavy atom. The normalized spacial score (nSPS) is 11.9. The number of rotatable bonds is 4. The summed E-state index contributed by atoms with van der Waals surface area (Å²) in [6.07, 6.45) is 3.15. The quantitative estimate of drug-likeness (QED) is 0.690. The molecule has 0 amide bonds. The zero-order valence-corrected chi connectivity index (χ0v) is 10.3. The average molecular weight is 279 g/mol.